The summed E-state index contributed by atoms with van der Waals surface area (Å²) in [6.07, 6.45) is 8.60. The molecule has 0 atom stereocenters. The second kappa shape index (κ2) is 10.6. The third-order valence-corrected chi connectivity index (χ3v) is 2.42. The van der Waals surface area contributed by atoms with Crippen LogP contribution in [0.15, 0.2) is 12.2 Å². The van der Waals surface area contributed by atoms with Crippen LogP contribution in [0.1, 0.15) is 19.3 Å². The Kier molecular flexibility index (Phi) is 10.2. The molecule has 0 fully saturated rings. The molecule has 0 rings (SSSR count). The zero-order chi connectivity index (χ0) is 10.6. The molecule has 0 unspecified atom stereocenters. The van der Waals surface area contributed by atoms with Crippen molar-refractivity contribution in [2.45, 2.75) is 19.3 Å². The number of hydrogen-bond donors (Lipinski definition) is 2. The first-order chi connectivity index (χ1) is 6.77. The highest BCUT2D eigenvalue weighted by Crippen LogP contribution is 2.00. The summed E-state index contributed by atoms with van der Waals surface area (Å²) in [6, 6.07) is 0. The number of unbranched alkanes of at least 4 members (excludes halogenated alkanes) is 2. The van der Waals surface area contributed by atoms with E-state index >= 15 is 0 Å². The van der Waals surface area contributed by atoms with Gasteiger partial charge in [0.1, 0.15) is 0 Å². The molecule has 0 amide bonds. The minimum atomic E-state index is -0.883. The highest BCUT2D eigenvalue weighted by Gasteiger charge is 1.88. The minimum Gasteiger partial charge on any atom is -0.478 e. The number of carboxylic acids is 1. The summed E-state index contributed by atoms with van der Waals surface area (Å²) in [7, 11) is 0. The molecule has 0 radical (unpaired) electrons. The number of hydrogen-bond acceptors (Lipinski definition) is 3. The third-order valence-electron chi connectivity index (χ3n) is 1.72. The number of aliphatic carboxylic acids is 1. The lowest BCUT2D eigenvalue weighted by Gasteiger charge is -2.00. The van der Waals surface area contributed by atoms with Crippen LogP contribution in [0.2, 0.25) is 0 Å². The Morgan fingerprint density at radius 2 is 2.21 bits per heavy atom. The van der Waals surface area contributed by atoms with Crippen molar-refractivity contribution in [2.24, 2.45) is 0 Å². The standard InChI is InChI=1S/C10H19NO2S/c1-14-9-4-2-3-7-11-8-5-6-10(12)13/h5-6,11H,2-4,7-9H2,1H3,(H,12,13)/b6-5+. The molecule has 3 nitrogen and oxygen atoms in total. The topological polar surface area (TPSA) is 49.3 Å². The Hall–Kier alpha value is -0.480. The summed E-state index contributed by atoms with van der Waals surface area (Å²) < 4.78 is 0. The van der Waals surface area contributed by atoms with E-state index in [-0.39, 0.29) is 0 Å². The second-order valence-corrected chi connectivity index (χ2v) is 3.98. The van der Waals surface area contributed by atoms with Crippen molar-refractivity contribution in [3.05, 3.63) is 12.2 Å². The zero-order valence-corrected chi connectivity index (χ0v) is 9.48. The molecule has 0 aromatic rings. The lowest BCUT2D eigenvalue weighted by atomic mass is 10.2. The maximum Gasteiger partial charge on any atom is 0.328 e. The highest BCUT2D eigenvalue weighted by atomic mass is 32.2. The van der Waals surface area contributed by atoms with E-state index in [9.17, 15) is 4.79 Å². The quantitative estimate of drug-likeness (QED) is 0.456. The van der Waals surface area contributed by atoms with Crippen LogP contribution in [-0.2, 0) is 4.79 Å². The van der Waals surface area contributed by atoms with Gasteiger partial charge in [-0.25, -0.2) is 4.79 Å². The molecule has 0 aromatic carbocycles. The van der Waals surface area contributed by atoms with Crippen LogP contribution in [0.3, 0.4) is 0 Å². The number of rotatable bonds is 9. The fraction of sp³-hybridized carbons (Fsp3) is 0.700. The predicted molar refractivity (Wildman–Crippen MR) is 61.9 cm³/mol. The van der Waals surface area contributed by atoms with Crippen molar-refractivity contribution in [3.8, 4) is 0 Å². The molecular formula is C10H19NO2S. The van der Waals surface area contributed by atoms with Gasteiger partial charge in [-0.3, -0.25) is 0 Å². The molecule has 82 valence electrons. The summed E-state index contributed by atoms with van der Waals surface area (Å²) in [4.78, 5) is 10.1. The monoisotopic (exact) mass is 217 g/mol. The molecule has 0 heterocycles. The van der Waals surface area contributed by atoms with Crippen molar-refractivity contribution >= 4 is 17.7 Å². The number of nitrogens with one attached hydrogen (secondary N) is 1. The second-order valence-electron chi connectivity index (χ2n) is 3.00. The molecule has 0 bridgehead atoms. The normalized spacial score (nSPS) is 10.9. The van der Waals surface area contributed by atoms with Gasteiger partial charge in [0.25, 0.3) is 0 Å². The van der Waals surface area contributed by atoms with Crippen molar-refractivity contribution in [1.82, 2.24) is 5.32 Å². The largest absolute Gasteiger partial charge is 0.478 e. The van der Waals surface area contributed by atoms with E-state index in [4.69, 9.17) is 5.11 Å². The van der Waals surface area contributed by atoms with Crippen LogP contribution in [0, 0.1) is 0 Å². The van der Waals surface area contributed by atoms with Crippen molar-refractivity contribution in [2.75, 3.05) is 25.1 Å². The summed E-state index contributed by atoms with van der Waals surface area (Å²) in [5, 5.41) is 11.5. The first-order valence-corrected chi connectivity index (χ1v) is 6.26. The molecule has 0 saturated heterocycles. The van der Waals surface area contributed by atoms with E-state index in [0.29, 0.717) is 6.54 Å². The van der Waals surface area contributed by atoms with Crippen LogP contribution in [0.5, 0.6) is 0 Å². The van der Waals surface area contributed by atoms with Gasteiger partial charge in [0.2, 0.25) is 0 Å². The molecule has 14 heavy (non-hydrogen) atoms. The molecule has 0 aliphatic heterocycles. The lowest BCUT2D eigenvalue weighted by molar-refractivity contribution is -0.131. The molecule has 2 N–H and O–H groups in total. The van der Waals surface area contributed by atoms with E-state index in [1.54, 1.807) is 6.08 Å². The van der Waals surface area contributed by atoms with E-state index in [2.05, 4.69) is 11.6 Å². The van der Waals surface area contributed by atoms with Gasteiger partial charge in [-0.2, -0.15) is 11.8 Å². The van der Waals surface area contributed by atoms with Gasteiger partial charge in [-0.05, 0) is 31.4 Å². The van der Waals surface area contributed by atoms with Gasteiger partial charge in [0, 0.05) is 12.6 Å². The molecule has 0 aliphatic carbocycles. The van der Waals surface area contributed by atoms with Crippen LogP contribution < -0.4 is 5.32 Å². The van der Waals surface area contributed by atoms with Gasteiger partial charge in [0.15, 0.2) is 0 Å². The van der Waals surface area contributed by atoms with E-state index in [1.807, 2.05) is 11.8 Å². The molecule has 0 aromatic heterocycles. The van der Waals surface area contributed by atoms with Crippen LogP contribution >= 0.6 is 11.8 Å². The van der Waals surface area contributed by atoms with Crippen molar-refractivity contribution in [3.63, 3.8) is 0 Å². The number of carboxylic acid groups (broad SMARTS) is 1. The van der Waals surface area contributed by atoms with Gasteiger partial charge < -0.3 is 10.4 Å². The average molecular weight is 217 g/mol. The minimum absolute atomic E-state index is 0.648. The summed E-state index contributed by atoms with van der Waals surface area (Å²) in [6.45, 7) is 1.62. The maximum atomic E-state index is 10.1. The van der Waals surface area contributed by atoms with Gasteiger partial charge >= 0.3 is 5.97 Å². The molecule has 0 spiro atoms. The zero-order valence-electron chi connectivity index (χ0n) is 8.66. The van der Waals surface area contributed by atoms with Gasteiger partial charge in [-0.15, -0.1) is 0 Å². The Bertz CT molecular complexity index is 172. The average Bonchev–Trinajstić information content (AvgIpc) is 2.15. The Balaban J connectivity index is 3.02. The Labute approximate surface area is 90.0 Å². The molecular weight excluding hydrogens is 198 g/mol. The fourth-order valence-electron chi connectivity index (χ4n) is 1.02. The van der Waals surface area contributed by atoms with Crippen LogP contribution in [0.25, 0.3) is 0 Å². The fourth-order valence-corrected chi connectivity index (χ4v) is 1.51. The first-order valence-electron chi connectivity index (χ1n) is 4.86. The Morgan fingerprint density at radius 1 is 1.43 bits per heavy atom. The van der Waals surface area contributed by atoms with Crippen molar-refractivity contribution < 1.29 is 9.90 Å². The smallest absolute Gasteiger partial charge is 0.328 e. The third kappa shape index (κ3) is 11.5. The first kappa shape index (κ1) is 13.5. The van der Waals surface area contributed by atoms with Crippen LogP contribution in [-0.4, -0.2) is 36.2 Å². The van der Waals surface area contributed by atoms with Crippen LogP contribution in [0.4, 0.5) is 0 Å². The van der Waals surface area contributed by atoms with E-state index in [1.165, 1.54) is 31.1 Å². The maximum absolute atomic E-state index is 10.1. The predicted octanol–water partition coefficient (Wildman–Crippen LogP) is 1.75. The van der Waals surface area contributed by atoms with Gasteiger partial charge in [-0.1, -0.05) is 12.5 Å². The summed E-state index contributed by atoms with van der Waals surface area (Å²) in [5.41, 5.74) is 0. The lowest BCUT2D eigenvalue weighted by Crippen LogP contribution is -2.15. The summed E-state index contributed by atoms with van der Waals surface area (Å²) >= 11 is 1.88. The SMILES string of the molecule is CSCCCCCNC/C=C/C(=O)O. The Morgan fingerprint density at radius 3 is 2.86 bits per heavy atom. The van der Waals surface area contributed by atoms with Crippen molar-refractivity contribution in [1.29, 1.82) is 0 Å². The molecule has 4 heteroatoms. The van der Waals surface area contributed by atoms with Gasteiger partial charge in [0.05, 0.1) is 0 Å². The number of carbonyl (C=O) groups is 1. The summed E-state index contributed by atoms with van der Waals surface area (Å²) in [5.74, 6) is 0.352. The number of thioether (sulfide) groups is 1. The van der Waals surface area contributed by atoms with E-state index < -0.39 is 5.97 Å². The van der Waals surface area contributed by atoms with E-state index in [0.717, 1.165) is 6.54 Å². The molecule has 0 saturated carbocycles. The highest BCUT2D eigenvalue weighted by molar-refractivity contribution is 7.98. The molecule has 0 aliphatic rings.